The van der Waals surface area contributed by atoms with Gasteiger partial charge >= 0.3 is 0 Å². The molecule has 0 saturated heterocycles. The van der Waals surface area contributed by atoms with Crippen LogP contribution in [0.4, 0.5) is 0 Å². The first-order chi connectivity index (χ1) is 6.96. The van der Waals surface area contributed by atoms with Gasteiger partial charge in [0.25, 0.3) is 0 Å². The molecule has 0 saturated carbocycles. The highest BCUT2D eigenvalue weighted by molar-refractivity contribution is 7.92. The second-order valence-corrected chi connectivity index (χ2v) is 7.42. The van der Waals surface area contributed by atoms with Gasteiger partial charge < -0.3 is 11.1 Å². The summed E-state index contributed by atoms with van der Waals surface area (Å²) in [7, 11) is -3.50. The largest absolute Gasteiger partial charge is 0.353 e. The third-order valence-corrected chi connectivity index (χ3v) is 4.35. The maximum Gasteiger partial charge on any atom is 0.238 e. The Bertz CT molecular complexity index is 342. The van der Waals surface area contributed by atoms with Gasteiger partial charge in [0.05, 0.1) is 5.75 Å². The molecule has 96 valence electrons. The van der Waals surface area contributed by atoms with Crippen molar-refractivity contribution in [2.45, 2.75) is 51.4 Å². The summed E-state index contributed by atoms with van der Waals surface area (Å²) < 4.78 is 23.7. The zero-order valence-corrected chi connectivity index (χ0v) is 11.4. The van der Waals surface area contributed by atoms with Crippen LogP contribution in [0.15, 0.2) is 0 Å². The molecule has 0 aromatic carbocycles. The number of amides is 1. The van der Waals surface area contributed by atoms with E-state index in [-0.39, 0.29) is 11.8 Å². The Morgan fingerprint density at radius 3 is 2.06 bits per heavy atom. The summed E-state index contributed by atoms with van der Waals surface area (Å²) in [5.74, 6) is -0.675. The van der Waals surface area contributed by atoms with Crippen LogP contribution in [0.5, 0.6) is 0 Å². The van der Waals surface area contributed by atoms with E-state index in [1.807, 2.05) is 0 Å². The van der Waals surface area contributed by atoms with E-state index in [1.165, 1.54) is 6.92 Å². The van der Waals surface area contributed by atoms with Crippen LogP contribution in [-0.4, -0.2) is 36.9 Å². The molecule has 0 aliphatic carbocycles. The van der Waals surface area contributed by atoms with Gasteiger partial charge in [-0.3, -0.25) is 4.79 Å². The minimum absolute atomic E-state index is 0.0731. The van der Waals surface area contributed by atoms with Gasteiger partial charge in [0.1, 0.15) is 5.25 Å². The number of sulfone groups is 1. The zero-order valence-electron chi connectivity index (χ0n) is 10.6. The van der Waals surface area contributed by atoms with Gasteiger partial charge in [-0.2, -0.15) is 0 Å². The monoisotopic (exact) mass is 250 g/mol. The fraction of sp³-hybridized carbons (Fsp3) is 0.900. The number of nitrogens with one attached hydrogen (secondary N) is 1. The average Bonchev–Trinajstić information content (AvgIpc) is 1.96. The fourth-order valence-corrected chi connectivity index (χ4v) is 2.89. The van der Waals surface area contributed by atoms with E-state index < -0.39 is 26.5 Å². The highest BCUT2D eigenvalue weighted by Crippen LogP contribution is 2.09. The molecule has 0 aromatic heterocycles. The summed E-state index contributed by atoms with van der Waals surface area (Å²) in [5, 5.41) is 1.52. The normalized spacial score (nSPS) is 14.9. The molecule has 0 aliphatic rings. The van der Waals surface area contributed by atoms with E-state index in [9.17, 15) is 13.2 Å². The topological polar surface area (TPSA) is 89.3 Å². The third-order valence-electron chi connectivity index (χ3n) is 1.91. The first-order valence-electron chi connectivity index (χ1n) is 5.26. The van der Waals surface area contributed by atoms with Gasteiger partial charge in [0, 0.05) is 11.6 Å². The molecule has 1 atom stereocenters. The smallest absolute Gasteiger partial charge is 0.238 e. The maximum atomic E-state index is 11.8. The number of rotatable bonds is 5. The van der Waals surface area contributed by atoms with Gasteiger partial charge in [0.2, 0.25) is 5.91 Å². The van der Waals surface area contributed by atoms with Crippen LogP contribution in [0, 0.1) is 0 Å². The Morgan fingerprint density at radius 2 is 1.75 bits per heavy atom. The lowest BCUT2D eigenvalue weighted by atomic mass is 10.1. The summed E-state index contributed by atoms with van der Waals surface area (Å²) in [6, 6.07) is -0.0731. The van der Waals surface area contributed by atoms with Gasteiger partial charge in [-0.1, -0.05) is 0 Å². The van der Waals surface area contributed by atoms with Crippen molar-refractivity contribution >= 4 is 15.7 Å². The van der Waals surface area contributed by atoms with Gasteiger partial charge in [0.15, 0.2) is 9.84 Å². The van der Waals surface area contributed by atoms with Crippen LogP contribution >= 0.6 is 0 Å². The Balaban J connectivity index is 4.71. The van der Waals surface area contributed by atoms with Crippen LogP contribution in [0.3, 0.4) is 0 Å². The van der Waals surface area contributed by atoms with E-state index in [4.69, 9.17) is 5.73 Å². The summed E-state index contributed by atoms with van der Waals surface area (Å²) in [4.78, 5) is 11.6. The zero-order chi connectivity index (χ0) is 13.1. The van der Waals surface area contributed by atoms with E-state index in [0.717, 1.165) is 0 Å². The van der Waals surface area contributed by atoms with Crippen molar-refractivity contribution in [3.05, 3.63) is 0 Å². The van der Waals surface area contributed by atoms with Crippen LogP contribution in [0.1, 0.15) is 34.6 Å². The average molecular weight is 250 g/mol. The molecular weight excluding hydrogens is 228 g/mol. The third kappa shape index (κ3) is 5.46. The molecule has 16 heavy (non-hydrogen) atoms. The standard InChI is InChI=1S/C10H22N2O3S/c1-7(2)12-9(13)8(3)16(14,15)6-10(4,5)11/h7-8H,6,11H2,1-5H3,(H,12,13). The molecule has 5 nitrogen and oxygen atoms in total. The Kier molecular flexibility index (Phi) is 4.94. The summed E-state index contributed by atoms with van der Waals surface area (Å²) in [6.07, 6.45) is 0. The Morgan fingerprint density at radius 1 is 1.31 bits per heavy atom. The lowest BCUT2D eigenvalue weighted by Crippen LogP contribution is -2.47. The fourth-order valence-electron chi connectivity index (χ4n) is 1.21. The second-order valence-electron chi connectivity index (χ2n) is 5.10. The van der Waals surface area contributed by atoms with Crippen LogP contribution in [0.2, 0.25) is 0 Å². The van der Waals surface area contributed by atoms with E-state index in [1.54, 1.807) is 27.7 Å². The van der Waals surface area contributed by atoms with Crippen molar-refractivity contribution in [1.82, 2.24) is 5.32 Å². The van der Waals surface area contributed by atoms with Gasteiger partial charge in [-0.15, -0.1) is 0 Å². The van der Waals surface area contributed by atoms with Crippen LogP contribution < -0.4 is 11.1 Å². The molecule has 0 aromatic rings. The molecule has 0 heterocycles. The minimum Gasteiger partial charge on any atom is -0.353 e. The van der Waals surface area contributed by atoms with Gasteiger partial charge in [-0.05, 0) is 34.6 Å². The lowest BCUT2D eigenvalue weighted by molar-refractivity contribution is -0.120. The van der Waals surface area contributed by atoms with Crippen LogP contribution in [-0.2, 0) is 14.6 Å². The van der Waals surface area contributed by atoms with E-state index >= 15 is 0 Å². The quantitative estimate of drug-likeness (QED) is 0.721. The van der Waals surface area contributed by atoms with E-state index in [2.05, 4.69) is 5.32 Å². The second kappa shape index (κ2) is 5.14. The first-order valence-corrected chi connectivity index (χ1v) is 6.98. The van der Waals surface area contributed by atoms with Gasteiger partial charge in [-0.25, -0.2) is 8.42 Å². The molecule has 0 aliphatic heterocycles. The van der Waals surface area contributed by atoms with Crippen molar-refractivity contribution in [3.8, 4) is 0 Å². The molecule has 0 fully saturated rings. The number of carbonyl (C=O) groups is 1. The first kappa shape index (κ1) is 15.4. The van der Waals surface area contributed by atoms with Crippen molar-refractivity contribution in [3.63, 3.8) is 0 Å². The number of hydrogen-bond acceptors (Lipinski definition) is 4. The van der Waals surface area contributed by atoms with Crippen molar-refractivity contribution in [2.24, 2.45) is 5.73 Å². The predicted octanol–water partition coefficient (Wildman–Crippen LogP) is 0.0516. The van der Waals surface area contributed by atoms with Crippen molar-refractivity contribution < 1.29 is 13.2 Å². The van der Waals surface area contributed by atoms with E-state index in [0.29, 0.717) is 0 Å². The number of carbonyl (C=O) groups excluding carboxylic acids is 1. The summed E-state index contributed by atoms with van der Waals surface area (Å²) in [6.45, 7) is 8.20. The molecule has 0 rings (SSSR count). The highest BCUT2D eigenvalue weighted by atomic mass is 32.2. The van der Waals surface area contributed by atoms with Crippen molar-refractivity contribution in [1.29, 1.82) is 0 Å². The molecule has 6 heteroatoms. The SMILES string of the molecule is CC(C)NC(=O)C(C)S(=O)(=O)CC(C)(C)N. The highest BCUT2D eigenvalue weighted by Gasteiger charge is 2.32. The molecule has 0 bridgehead atoms. The predicted molar refractivity (Wildman–Crippen MR) is 64.8 cm³/mol. The molecule has 0 spiro atoms. The Labute approximate surface area is 97.7 Å². The minimum atomic E-state index is -3.50. The molecule has 3 N–H and O–H groups in total. The summed E-state index contributed by atoms with van der Waals surface area (Å²) >= 11 is 0. The molecular formula is C10H22N2O3S. The maximum absolute atomic E-state index is 11.8. The number of nitrogens with two attached hydrogens (primary N) is 1. The number of hydrogen-bond donors (Lipinski definition) is 2. The van der Waals surface area contributed by atoms with Crippen molar-refractivity contribution in [2.75, 3.05) is 5.75 Å². The Hall–Kier alpha value is -0.620. The molecule has 0 radical (unpaired) electrons. The summed E-state index contributed by atoms with van der Waals surface area (Å²) in [5.41, 5.74) is 4.82. The van der Waals surface area contributed by atoms with Crippen LogP contribution in [0.25, 0.3) is 0 Å². The molecule has 1 amide bonds. The lowest BCUT2D eigenvalue weighted by Gasteiger charge is -2.21. The molecule has 1 unspecified atom stereocenters.